The van der Waals surface area contributed by atoms with Crippen LogP contribution >= 0.6 is 15.9 Å². The van der Waals surface area contributed by atoms with Gasteiger partial charge in [-0.2, -0.15) is 0 Å². The van der Waals surface area contributed by atoms with Gasteiger partial charge in [0.25, 0.3) is 5.69 Å². The number of benzene rings is 2. The van der Waals surface area contributed by atoms with E-state index in [2.05, 4.69) is 21.2 Å². The van der Waals surface area contributed by atoms with Gasteiger partial charge in [-0.15, -0.1) is 0 Å². The highest BCUT2D eigenvalue weighted by Crippen LogP contribution is 2.29. The zero-order valence-corrected chi connectivity index (χ0v) is 11.7. The Labute approximate surface area is 121 Å². The van der Waals surface area contributed by atoms with Crippen molar-refractivity contribution in [3.63, 3.8) is 0 Å². The second kappa shape index (κ2) is 5.96. The van der Waals surface area contributed by atoms with Crippen molar-refractivity contribution < 1.29 is 13.7 Å². The van der Waals surface area contributed by atoms with Crippen LogP contribution < -0.4 is 5.32 Å². The number of rotatable bonds is 4. The lowest BCUT2D eigenvalue weighted by Gasteiger charge is -2.09. The van der Waals surface area contributed by atoms with Crippen molar-refractivity contribution >= 4 is 27.3 Å². The van der Waals surface area contributed by atoms with E-state index in [0.29, 0.717) is 10.0 Å². The highest BCUT2D eigenvalue weighted by atomic mass is 79.9. The van der Waals surface area contributed by atoms with Crippen molar-refractivity contribution in [1.82, 2.24) is 0 Å². The van der Waals surface area contributed by atoms with E-state index in [-0.39, 0.29) is 17.9 Å². The molecule has 0 radical (unpaired) electrons. The molecule has 0 spiro atoms. The molecule has 2 aromatic carbocycles. The van der Waals surface area contributed by atoms with Crippen LogP contribution in [-0.2, 0) is 6.54 Å². The summed E-state index contributed by atoms with van der Waals surface area (Å²) in [5.74, 6) is -1.38. The normalized spacial score (nSPS) is 10.3. The molecule has 104 valence electrons. The Hall–Kier alpha value is -2.02. The number of halogens is 3. The summed E-state index contributed by atoms with van der Waals surface area (Å²) in [6.45, 7) is 0.171. The molecule has 20 heavy (non-hydrogen) atoms. The van der Waals surface area contributed by atoms with Gasteiger partial charge in [0.2, 0.25) is 0 Å². The lowest BCUT2D eigenvalue weighted by Crippen LogP contribution is -2.03. The van der Waals surface area contributed by atoms with Crippen LogP contribution in [0, 0.1) is 21.7 Å². The first-order valence-corrected chi connectivity index (χ1v) is 6.39. The van der Waals surface area contributed by atoms with E-state index in [1.165, 1.54) is 12.1 Å². The monoisotopic (exact) mass is 342 g/mol. The van der Waals surface area contributed by atoms with E-state index >= 15 is 0 Å². The molecule has 0 unspecified atom stereocenters. The number of nitrogens with zero attached hydrogens (tertiary/aromatic N) is 1. The van der Waals surface area contributed by atoms with E-state index in [4.69, 9.17) is 0 Å². The maximum atomic E-state index is 13.4. The van der Waals surface area contributed by atoms with Gasteiger partial charge in [-0.25, -0.2) is 8.78 Å². The standard InChI is InChI=1S/C13H9BrF2N2O2/c14-13-8(2-1-3-12(13)18(19)20)7-17-11-5-4-9(15)6-10(11)16/h1-6,17H,7H2. The van der Waals surface area contributed by atoms with Crippen LogP contribution in [0.4, 0.5) is 20.2 Å². The Morgan fingerprint density at radius 2 is 2.00 bits per heavy atom. The van der Waals surface area contributed by atoms with Crippen LogP contribution in [-0.4, -0.2) is 4.92 Å². The van der Waals surface area contributed by atoms with Gasteiger partial charge in [-0.05, 0) is 33.6 Å². The minimum Gasteiger partial charge on any atom is -0.379 e. The third-order valence-electron chi connectivity index (χ3n) is 2.66. The van der Waals surface area contributed by atoms with Crippen molar-refractivity contribution in [3.05, 3.63) is 68.2 Å². The Bertz CT molecular complexity index is 665. The molecule has 0 aliphatic carbocycles. The van der Waals surface area contributed by atoms with E-state index in [1.807, 2.05) is 0 Å². The fourth-order valence-electron chi connectivity index (χ4n) is 1.67. The molecule has 0 atom stereocenters. The van der Waals surface area contributed by atoms with E-state index in [0.717, 1.165) is 12.1 Å². The first-order chi connectivity index (χ1) is 9.49. The second-order valence-corrected chi connectivity index (χ2v) is 4.78. The Morgan fingerprint density at radius 1 is 1.25 bits per heavy atom. The third-order valence-corrected chi connectivity index (χ3v) is 3.57. The molecule has 4 nitrogen and oxygen atoms in total. The summed E-state index contributed by atoms with van der Waals surface area (Å²) >= 11 is 3.15. The molecule has 0 aromatic heterocycles. The lowest BCUT2D eigenvalue weighted by atomic mass is 10.2. The molecule has 0 amide bonds. The van der Waals surface area contributed by atoms with Gasteiger partial charge >= 0.3 is 0 Å². The zero-order chi connectivity index (χ0) is 14.7. The van der Waals surface area contributed by atoms with Gasteiger partial charge in [0.1, 0.15) is 16.1 Å². The summed E-state index contributed by atoms with van der Waals surface area (Å²) in [5, 5.41) is 13.6. The largest absolute Gasteiger partial charge is 0.379 e. The van der Waals surface area contributed by atoms with Crippen LogP contribution in [0.15, 0.2) is 40.9 Å². The fraction of sp³-hybridized carbons (Fsp3) is 0.0769. The molecule has 0 aliphatic heterocycles. The highest BCUT2D eigenvalue weighted by Gasteiger charge is 2.14. The predicted octanol–water partition coefficient (Wildman–Crippen LogP) is 4.25. The van der Waals surface area contributed by atoms with Crippen molar-refractivity contribution in [1.29, 1.82) is 0 Å². The van der Waals surface area contributed by atoms with Crippen molar-refractivity contribution in [2.24, 2.45) is 0 Å². The molecular weight excluding hydrogens is 334 g/mol. The van der Waals surface area contributed by atoms with E-state index in [1.54, 1.807) is 12.1 Å². The Morgan fingerprint density at radius 3 is 2.65 bits per heavy atom. The van der Waals surface area contributed by atoms with Crippen molar-refractivity contribution in [2.45, 2.75) is 6.54 Å². The summed E-state index contributed by atoms with van der Waals surface area (Å²) in [4.78, 5) is 10.3. The molecule has 7 heteroatoms. The average Bonchev–Trinajstić information content (AvgIpc) is 2.39. The molecular formula is C13H9BrF2N2O2. The molecule has 0 saturated carbocycles. The SMILES string of the molecule is O=[N+]([O-])c1cccc(CNc2ccc(F)cc2F)c1Br. The molecule has 0 bridgehead atoms. The summed E-state index contributed by atoms with van der Waals surface area (Å²) in [6, 6.07) is 7.76. The van der Waals surface area contributed by atoms with Gasteiger partial charge in [0.15, 0.2) is 0 Å². The van der Waals surface area contributed by atoms with Crippen LogP contribution in [0.1, 0.15) is 5.56 Å². The number of nitro groups is 1. The maximum Gasteiger partial charge on any atom is 0.283 e. The van der Waals surface area contributed by atoms with Crippen molar-refractivity contribution in [3.8, 4) is 0 Å². The molecule has 0 aliphatic rings. The van der Waals surface area contributed by atoms with Gasteiger partial charge in [0.05, 0.1) is 10.6 Å². The van der Waals surface area contributed by atoms with E-state index in [9.17, 15) is 18.9 Å². The molecule has 0 saturated heterocycles. The van der Waals surface area contributed by atoms with Crippen LogP contribution in [0.5, 0.6) is 0 Å². The van der Waals surface area contributed by atoms with Gasteiger partial charge in [-0.3, -0.25) is 10.1 Å². The van der Waals surface area contributed by atoms with Crippen LogP contribution in [0.3, 0.4) is 0 Å². The first-order valence-electron chi connectivity index (χ1n) is 5.59. The summed E-state index contributed by atoms with van der Waals surface area (Å²) in [6.07, 6.45) is 0. The number of nitrogens with one attached hydrogen (secondary N) is 1. The van der Waals surface area contributed by atoms with Crippen LogP contribution in [0.25, 0.3) is 0 Å². The average molecular weight is 343 g/mol. The lowest BCUT2D eigenvalue weighted by molar-refractivity contribution is -0.385. The van der Waals surface area contributed by atoms with Gasteiger partial charge in [0, 0.05) is 18.7 Å². The quantitative estimate of drug-likeness (QED) is 0.667. The molecule has 0 fully saturated rings. The van der Waals surface area contributed by atoms with Gasteiger partial charge in [-0.1, -0.05) is 12.1 Å². The molecule has 1 N–H and O–H groups in total. The first kappa shape index (κ1) is 14.4. The molecule has 2 rings (SSSR count). The smallest absolute Gasteiger partial charge is 0.283 e. The summed E-state index contributed by atoms with van der Waals surface area (Å²) < 4.78 is 26.5. The van der Waals surface area contributed by atoms with Crippen molar-refractivity contribution in [2.75, 3.05) is 5.32 Å². The minimum atomic E-state index is -0.716. The zero-order valence-electron chi connectivity index (χ0n) is 10.1. The topological polar surface area (TPSA) is 55.2 Å². The Balaban J connectivity index is 2.19. The van der Waals surface area contributed by atoms with E-state index < -0.39 is 16.6 Å². The number of hydrogen-bond acceptors (Lipinski definition) is 3. The summed E-state index contributed by atoms with van der Waals surface area (Å²) in [5.41, 5.74) is 0.664. The minimum absolute atomic E-state index is 0.0659. The predicted molar refractivity (Wildman–Crippen MR) is 74.5 cm³/mol. The molecule has 0 heterocycles. The number of anilines is 1. The third kappa shape index (κ3) is 3.11. The maximum absolute atomic E-state index is 13.4. The Kier molecular flexibility index (Phi) is 4.29. The van der Waals surface area contributed by atoms with Crippen LogP contribution in [0.2, 0.25) is 0 Å². The summed E-state index contributed by atoms with van der Waals surface area (Å²) in [7, 11) is 0. The molecule has 2 aromatic rings. The number of nitro benzene ring substituents is 1. The second-order valence-electron chi connectivity index (χ2n) is 3.99. The number of hydrogen-bond donors (Lipinski definition) is 1. The fourth-order valence-corrected chi connectivity index (χ4v) is 2.22. The van der Waals surface area contributed by atoms with Gasteiger partial charge < -0.3 is 5.32 Å². The highest BCUT2D eigenvalue weighted by molar-refractivity contribution is 9.10.